The van der Waals surface area contributed by atoms with Crippen LogP contribution in [-0.2, 0) is 11.2 Å². The summed E-state index contributed by atoms with van der Waals surface area (Å²) in [5, 5.41) is 0. The Kier molecular flexibility index (Phi) is 4.96. The van der Waals surface area contributed by atoms with Gasteiger partial charge in [-0.2, -0.15) is 0 Å². The van der Waals surface area contributed by atoms with E-state index < -0.39 is 0 Å². The molecule has 0 heterocycles. The molecule has 2 rings (SSSR count). The number of Topliss-reactive ketones (excluding diaryl/α,β-unsaturated/α-hetero) is 1. The first-order valence-electron chi connectivity index (χ1n) is 6.44. The Bertz CT molecular complexity index is 573. The Hall–Kier alpha value is -2.33. The van der Waals surface area contributed by atoms with Crippen LogP contribution in [0.5, 0.6) is 0 Å². The maximum absolute atomic E-state index is 11.7. The predicted molar refractivity (Wildman–Crippen MR) is 77.7 cm³/mol. The second-order valence-electron chi connectivity index (χ2n) is 4.37. The lowest BCUT2D eigenvalue weighted by atomic mass is 10.1. The fourth-order valence-electron chi connectivity index (χ4n) is 1.78. The number of benzene rings is 2. The predicted octanol–water partition coefficient (Wildman–Crippen LogP) is 3.63. The summed E-state index contributed by atoms with van der Waals surface area (Å²) in [4.78, 5) is 11.7. The normalized spacial score (nSPS) is 9.47. The molecule has 0 aromatic heterocycles. The summed E-state index contributed by atoms with van der Waals surface area (Å²) in [5.74, 6) is 6.14. The molecule has 0 saturated carbocycles. The first-order valence-corrected chi connectivity index (χ1v) is 6.44. The molecule has 94 valence electrons. The highest BCUT2D eigenvalue weighted by molar-refractivity contribution is 5.81. The van der Waals surface area contributed by atoms with Crippen LogP contribution in [0.15, 0.2) is 60.7 Å². The average molecular weight is 248 g/mol. The Balaban J connectivity index is 1.78. The minimum absolute atomic E-state index is 0.201. The van der Waals surface area contributed by atoms with Crippen LogP contribution in [0.3, 0.4) is 0 Å². The van der Waals surface area contributed by atoms with Crippen LogP contribution in [0, 0.1) is 11.8 Å². The zero-order chi connectivity index (χ0) is 13.3. The maximum Gasteiger partial charge on any atom is 0.145 e. The molecule has 1 heteroatoms. The van der Waals surface area contributed by atoms with Crippen molar-refractivity contribution < 1.29 is 4.79 Å². The van der Waals surface area contributed by atoms with Crippen LogP contribution >= 0.6 is 0 Å². The summed E-state index contributed by atoms with van der Waals surface area (Å²) in [6, 6.07) is 19.8. The number of carbonyl (C=O) groups excluding carboxylic acids is 1. The third-order valence-electron chi connectivity index (χ3n) is 2.83. The molecule has 19 heavy (non-hydrogen) atoms. The lowest BCUT2D eigenvalue weighted by Crippen LogP contribution is -1.98. The molecule has 0 aliphatic carbocycles. The molecule has 0 saturated heterocycles. The molecule has 0 atom stereocenters. The van der Waals surface area contributed by atoms with E-state index in [4.69, 9.17) is 0 Å². The maximum atomic E-state index is 11.7. The highest BCUT2D eigenvalue weighted by Crippen LogP contribution is 2.04. The molecule has 0 aliphatic heterocycles. The first-order chi connectivity index (χ1) is 9.34. The van der Waals surface area contributed by atoms with Crippen molar-refractivity contribution in [3.05, 3.63) is 71.8 Å². The van der Waals surface area contributed by atoms with Gasteiger partial charge in [-0.15, -0.1) is 0 Å². The minimum Gasteiger partial charge on any atom is -0.299 e. The van der Waals surface area contributed by atoms with Gasteiger partial charge in [0.1, 0.15) is 5.78 Å². The smallest absolute Gasteiger partial charge is 0.145 e. The number of ketones is 1. The molecule has 0 fully saturated rings. The van der Waals surface area contributed by atoms with Gasteiger partial charge in [-0.05, 0) is 24.1 Å². The van der Waals surface area contributed by atoms with Crippen molar-refractivity contribution in [3.8, 4) is 11.8 Å². The zero-order valence-corrected chi connectivity index (χ0v) is 10.8. The monoisotopic (exact) mass is 248 g/mol. The standard InChI is InChI=1S/C18H16O/c19-18(15-14-17-10-5-2-6-11-17)13-7-12-16-8-3-1-4-9-16/h1-6,8-11H,13-15H2. The van der Waals surface area contributed by atoms with Crippen LogP contribution in [0.4, 0.5) is 0 Å². The van der Waals surface area contributed by atoms with Gasteiger partial charge in [-0.25, -0.2) is 0 Å². The SMILES string of the molecule is O=C(CC#Cc1ccccc1)CCc1ccccc1. The quantitative estimate of drug-likeness (QED) is 0.755. The van der Waals surface area contributed by atoms with Crippen molar-refractivity contribution in [2.75, 3.05) is 0 Å². The Morgan fingerprint density at radius 3 is 2.21 bits per heavy atom. The summed E-state index contributed by atoms with van der Waals surface area (Å²) in [7, 11) is 0. The Morgan fingerprint density at radius 2 is 1.53 bits per heavy atom. The van der Waals surface area contributed by atoms with Crippen molar-refractivity contribution in [1.29, 1.82) is 0 Å². The van der Waals surface area contributed by atoms with Crippen LogP contribution in [0.25, 0.3) is 0 Å². The van der Waals surface area contributed by atoms with E-state index in [-0.39, 0.29) is 5.78 Å². The van der Waals surface area contributed by atoms with Crippen LogP contribution < -0.4 is 0 Å². The van der Waals surface area contributed by atoms with E-state index in [1.54, 1.807) is 0 Å². The molecule has 0 amide bonds. The molecule has 0 unspecified atom stereocenters. The van der Waals surface area contributed by atoms with E-state index in [1.165, 1.54) is 5.56 Å². The topological polar surface area (TPSA) is 17.1 Å². The van der Waals surface area contributed by atoms with Gasteiger partial charge in [-0.3, -0.25) is 4.79 Å². The number of carbonyl (C=O) groups is 1. The third-order valence-corrected chi connectivity index (χ3v) is 2.83. The second-order valence-corrected chi connectivity index (χ2v) is 4.37. The minimum atomic E-state index is 0.201. The van der Waals surface area contributed by atoms with E-state index >= 15 is 0 Å². The molecule has 1 nitrogen and oxygen atoms in total. The van der Waals surface area contributed by atoms with E-state index in [2.05, 4.69) is 11.8 Å². The molecule has 0 N–H and O–H groups in total. The molecule has 2 aromatic rings. The second kappa shape index (κ2) is 7.18. The molecular formula is C18H16O. The third kappa shape index (κ3) is 4.81. The number of aryl methyl sites for hydroxylation is 1. The van der Waals surface area contributed by atoms with Crippen molar-refractivity contribution in [2.24, 2.45) is 0 Å². The highest BCUT2D eigenvalue weighted by Gasteiger charge is 2.00. The van der Waals surface area contributed by atoms with Gasteiger partial charge in [0.05, 0.1) is 6.42 Å². The summed E-state index contributed by atoms with van der Waals surface area (Å²) in [5.41, 5.74) is 2.16. The van der Waals surface area contributed by atoms with Gasteiger partial charge in [0.15, 0.2) is 0 Å². The van der Waals surface area contributed by atoms with Crippen molar-refractivity contribution in [2.45, 2.75) is 19.3 Å². The Morgan fingerprint density at radius 1 is 0.895 bits per heavy atom. The summed E-state index contributed by atoms with van der Waals surface area (Å²) in [6.45, 7) is 0. The number of hydrogen-bond acceptors (Lipinski definition) is 1. The first kappa shape index (κ1) is 13.1. The summed E-state index contributed by atoms with van der Waals surface area (Å²) in [6.07, 6.45) is 1.70. The van der Waals surface area contributed by atoms with Crippen LogP contribution in [0.2, 0.25) is 0 Å². The lowest BCUT2D eigenvalue weighted by Gasteiger charge is -1.98. The zero-order valence-electron chi connectivity index (χ0n) is 10.8. The molecule has 2 aromatic carbocycles. The molecule has 0 radical (unpaired) electrons. The van der Waals surface area contributed by atoms with Gasteiger partial charge >= 0.3 is 0 Å². The van der Waals surface area contributed by atoms with E-state index in [0.717, 1.165) is 12.0 Å². The van der Waals surface area contributed by atoms with Crippen molar-refractivity contribution >= 4 is 5.78 Å². The number of rotatable bonds is 4. The van der Waals surface area contributed by atoms with Gasteiger partial charge in [0.2, 0.25) is 0 Å². The van der Waals surface area contributed by atoms with Crippen molar-refractivity contribution in [1.82, 2.24) is 0 Å². The summed E-state index contributed by atoms with van der Waals surface area (Å²) < 4.78 is 0. The molecular weight excluding hydrogens is 232 g/mol. The average Bonchev–Trinajstić information content (AvgIpc) is 2.47. The molecule has 0 bridgehead atoms. The van der Waals surface area contributed by atoms with E-state index in [1.807, 2.05) is 60.7 Å². The Labute approximate surface area is 114 Å². The van der Waals surface area contributed by atoms with Gasteiger partial charge in [0, 0.05) is 12.0 Å². The highest BCUT2D eigenvalue weighted by atomic mass is 16.1. The fraction of sp³-hybridized carbons (Fsp3) is 0.167. The summed E-state index contributed by atoms with van der Waals surface area (Å²) >= 11 is 0. The fourth-order valence-corrected chi connectivity index (χ4v) is 1.78. The lowest BCUT2D eigenvalue weighted by molar-refractivity contribution is -0.118. The van der Waals surface area contributed by atoms with Gasteiger partial charge < -0.3 is 0 Å². The van der Waals surface area contributed by atoms with Crippen LogP contribution in [0.1, 0.15) is 24.0 Å². The van der Waals surface area contributed by atoms with Crippen molar-refractivity contribution in [3.63, 3.8) is 0 Å². The van der Waals surface area contributed by atoms with Gasteiger partial charge in [0.25, 0.3) is 0 Å². The molecule has 0 spiro atoms. The van der Waals surface area contributed by atoms with E-state index in [9.17, 15) is 4.79 Å². The largest absolute Gasteiger partial charge is 0.299 e. The number of hydrogen-bond donors (Lipinski definition) is 0. The van der Waals surface area contributed by atoms with Crippen LogP contribution in [-0.4, -0.2) is 5.78 Å². The van der Waals surface area contributed by atoms with E-state index in [0.29, 0.717) is 12.8 Å². The molecule has 0 aliphatic rings. The van der Waals surface area contributed by atoms with Gasteiger partial charge in [-0.1, -0.05) is 60.4 Å².